The molecule has 0 spiro atoms. The van der Waals surface area contributed by atoms with E-state index in [1.165, 1.54) is 5.69 Å². The molecule has 4 heteroatoms. The molecule has 1 saturated heterocycles. The molecular formula is C15H23BrN2O. The second-order valence-corrected chi connectivity index (χ2v) is 6.89. The first-order valence-electron chi connectivity index (χ1n) is 6.75. The average molecular weight is 327 g/mol. The highest BCUT2D eigenvalue weighted by molar-refractivity contribution is 9.10. The highest BCUT2D eigenvalue weighted by atomic mass is 79.9. The Morgan fingerprint density at radius 1 is 1.32 bits per heavy atom. The van der Waals surface area contributed by atoms with Crippen molar-refractivity contribution in [3.8, 4) is 0 Å². The Morgan fingerprint density at radius 2 is 2.00 bits per heavy atom. The Bertz CT molecular complexity index is 459. The summed E-state index contributed by atoms with van der Waals surface area (Å²) >= 11 is 3.56. The minimum Gasteiger partial charge on any atom is -0.389 e. The van der Waals surface area contributed by atoms with Crippen LogP contribution in [0.25, 0.3) is 0 Å². The molecule has 0 saturated carbocycles. The fourth-order valence-electron chi connectivity index (χ4n) is 2.51. The Balaban J connectivity index is 2.21. The van der Waals surface area contributed by atoms with Crippen molar-refractivity contribution in [3.05, 3.63) is 28.2 Å². The minimum absolute atomic E-state index is 0.188. The van der Waals surface area contributed by atoms with Crippen LogP contribution in [0.15, 0.2) is 22.7 Å². The van der Waals surface area contributed by atoms with Crippen LogP contribution in [0.1, 0.15) is 32.4 Å². The summed E-state index contributed by atoms with van der Waals surface area (Å²) in [5.74, 6) is 0. The minimum atomic E-state index is -0.438. The van der Waals surface area contributed by atoms with Gasteiger partial charge in [0, 0.05) is 35.3 Å². The lowest BCUT2D eigenvalue weighted by atomic mass is 9.99. The second kappa shape index (κ2) is 5.43. The second-order valence-electron chi connectivity index (χ2n) is 6.04. The molecule has 0 amide bonds. The molecule has 0 bridgehead atoms. The molecule has 0 unspecified atom stereocenters. The molecule has 1 aromatic carbocycles. The van der Waals surface area contributed by atoms with Gasteiger partial charge in [0.2, 0.25) is 0 Å². The molecule has 0 aliphatic carbocycles. The molecule has 106 valence electrons. The highest BCUT2D eigenvalue weighted by Gasteiger charge is 2.31. The van der Waals surface area contributed by atoms with E-state index in [-0.39, 0.29) is 5.54 Å². The first kappa shape index (κ1) is 14.8. The molecule has 1 N–H and O–H groups in total. The molecule has 0 aromatic heterocycles. The maximum absolute atomic E-state index is 9.67. The van der Waals surface area contributed by atoms with Gasteiger partial charge < -0.3 is 10.0 Å². The van der Waals surface area contributed by atoms with Gasteiger partial charge in [-0.1, -0.05) is 22.0 Å². The predicted molar refractivity (Wildman–Crippen MR) is 83.7 cm³/mol. The van der Waals surface area contributed by atoms with Crippen LogP contribution in [-0.2, 0) is 0 Å². The number of rotatable bonds is 2. The maximum Gasteiger partial charge on any atom is 0.0772 e. The van der Waals surface area contributed by atoms with E-state index in [0.717, 1.165) is 29.7 Å². The number of aliphatic hydroxyl groups is 1. The summed E-state index contributed by atoms with van der Waals surface area (Å²) in [6.45, 7) is 9.47. The van der Waals surface area contributed by atoms with Crippen molar-refractivity contribution in [2.75, 3.05) is 31.6 Å². The van der Waals surface area contributed by atoms with E-state index in [0.29, 0.717) is 0 Å². The summed E-state index contributed by atoms with van der Waals surface area (Å²) < 4.78 is 0.983. The number of hydrogen-bond acceptors (Lipinski definition) is 3. The lowest BCUT2D eigenvalue weighted by Gasteiger charge is -2.46. The van der Waals surface area contributed by atoms with E-state index in [9.17, 15) is 5.11 Å². The van der Waals surface area contributed by atoms with Gasteiger partial charge in [0.15, 0.2) is 0 Å². The molecule has 1 atom stereocenters. The number of halogens is 1. The molecule has 19 heavy (non-hydrogen) atoms. The van der Waals surface area contributed by atoms with Gasteiger partial charge in [0.1, 0.15) is 0 Å². The van der Waals surface area contributed by atoms with Gasteiger partial charge >= 0.3 is 0 Å². The van der Waals surface area contributed by atoms with Crippen LogP contribution in [0.4, 0.5) is 5.69 Å². The van der Waals surface area contributed by atoms with Gasteiger partial charge in [0.25, 0.3) is 0 Å². The van der Waals surface area contributed by atoms with Crippen LogP contribution in [-0.4, -0.2) is 42.2 Å². The quantitative estimate of drug-likeness (QED) is 0.904. The smallest absolute Gasteiger partial charge is 0.0772 e. The lowest BCUT2D eigenvalue weighted by Crippen LogP contribution is -2.57. The van der Waals surface area contributed by atoms with Crippen molar-refractivity contribution in [2.45, 2.75) is 32.4 Å². The van der Waals surface area contributed by atoms with E-state index in [1.54, 1.807) is 6.92 Å². The topological polar surface area (TPSA) is 26.7 Å². The maximum atomic E-state index is 9.67. The highest BCUT2D eigenvalue weighted by Crippen LogP contribution is 2.30. The normalized spacial score (nSPS) is 21.5. The fourth-order valence-corrected chi connectivity index (χ4v) is 3.21. The number of likely N-dealkylation sites (N-methyl/N-ethyl adjacent to an activating group) is 1. The number of nitrogens with zero attached hydrogens (tertiary/aromatic N) is 2. The van der Waals surface area contributed by atoms with Gasteiger partial charge in [0.05, 0.1) is 6.10 Å². The molecule has 1 fully saturated rings. The zero-order chi connectivity index (χ0) is 14.2. The molecule has 3 nitrogen and oxygen atoms in total. The summed E-state index contributed by atoms with van der Waals surface area (Å²) in [7, 11) is 2.18. The van der Waals surface area contributed by atoms with E-state index in [2.05, 4.69) is 58.8 Å². The van der Waals surface area contributed by atoms with Crippen molar-refractivity contribution in [3.63, 3.8) is 0 Å². The number of hydrogen-bond donors (Lipinski definition) is 1. The van der Waals surface area contributed by atoms with Gasteiger partial charge in [-0.05, 0) is 45.5 Å². The fraction of sp³-hybridized carbons (Fsp3) is 0.600. The largest absolute Gasteiger partial charge is 0.389 e. The molecular weight excluding hydrogens is 304 g/mol. The zero-order valence-corrected chi connectivity index (χ0v) is 13.7. The Kier molecular flexibility index (Phi) is 4.23. The van der Waals surface area contributed by atoms with Crippen molar-refractivity contribution in [1.82, 2.24) is 4.90 Å². The number of aliphatic hydroxyl groups excluding tert-OH is 1. The Morgan fingerprint density at radius 3 is 2.53 bits per heavy atom. The SMILES string of the molecule is C[C@@H](O)c1ccc(N2CCN(C)C(C)(C)C2)cc1Br. The van der Waals surface area contributed by atoms with Gasteiger partial charge in [-0.3, -0.25) is 4.90 Å². The molecule has 1 heterocycles. The summed E-state index contributed by atoms with van der Waals surface area (Å²) in [5, 5.41) is 9.67. The van der Waals surface area contributed by atoms with Crippen LogP contribution < -0.4 is 4.90 Å². The summed E-state index contributed by atoms with van der Waals surface area (Å²) in [4.78, 5) is 4.82. The number of piperazine rings is 1. The van der Waals surface area contributed by atoms with Gasteiger partial charge in [-0.15, -0.1) is 0 Å². The molecule has 1 aliphatic rings. The number of benzene rings is 1. The zero-order valence-electron chi connectivity index (χ0n) is 12.2. The molecule has 1 aliphatic heterocycles. The first-order chi connectivity index (χ1) is 8.81. The summed E-state index contributed by atoms with van der Waals surface area (Å²) in [5.41, 5.74) is 2.35. The van der Waals surface area contributed by atoms with E-state index < -0.39 is 6.10 Å². The van der Waals surface area contributed by atoms with Crippen LogP contribution >= 0.6 is 15.9 Å². The van der Waals surface area contributed by atoms with Crippen molar-refractivity contribution >= 4 is 21.6 Å². The van der Waals surface area contributed by atoms with Crippen LogP contribution in [0.2, 0.25) is 0 Å². The van der Waals surface area contributed by atoms with E-state index in [4.69, 9.17) is 0 Å². The first-order valence-corrected chi connectivity index (χ1v) is 7.54. The van der Waals surface area contributed by atoms with Crippen molar-refractivity contribution in [1.29, 1.82) is 0 Å². The van der Waals surface area contributed by atoms with E-state index in [1.807, 2.05) is 6.07 Å². The standard InChI is InChI=1S/C15H23BrN2O/c1-11(19)13-6-5-12(9-14(13)16)18-8-7-17(4)15(2,3)10-18/h5-6,9,11,19H,7-8,10H2,1-4H3/t11-/m1/s1. The third kappa shape index (κ3) is 3.12. The average Bonchev–Trinajstić information content (AvgIpc) is 2.32. The summed E-state index contributed by atoms with van der Waals surface area (Å²) in [6, 6.07) is 6.23. The molecule has 2 rings (SSSR count). The predicted octanol–water partition coefficient (Wildman–Crippen LogP) is 3.03. The van der Waals surface area contributed by atoms with Gasteiger partial charge in [-0.25, -0.2) is 0 Å². The molecule has 0 radical (unpaired) electrons. The Hall–Kier alpha value is -0.580. The third-order valence-electron chi connectivity index (χ3n) is 4.12. The monoisotopic (exact) mass is 326 g/mol. The third-order valence-corrected chi connectivity index (χ3v) is 4.80. The van der Waals surface area contributed by atoms with Crippen LogP contribution in [0.3, 0.4) is 0 Å². The number of anilines is 1. The Labute approximate surface area is 124 Å². The molecule has 1 aromatic rings. The van der Waals surface area contributed by atoms with Crippen LogP contribution in [0.5, 0.6) is 0 Å². The van der Waals surface area contributed by atoms with E-state index >= 15 is 0 Å². The van der Waals surface area contributed by atoms with Crippen molar-refractivity contribution in [2.24, 2.45) is 0 Å². The lowest BCUT2D eigenvalue weighted by molar-refractivity contribution is 0.139. The van der Waals surface area contributed by atoms with Crippen molar-refractivity contribution < 1.29 is 5.11 Å². The van der Waals surface area contributed by atoms with Gasteiger partial charge in [-0.2, -0.15) is 0 Å². The van der Waals surface area contributed by atoms with Crippen LogP contribution in [0, 0.1) is 0 Å². The summed E-state index contributed by atoms with van der Waals surface area (Å²) in [6.07, 6.45) is -0.438.